The number of nitrogens with one attached hydrogen (secondary N) is 1. The highest BCUT2D eigenvalue weighted by Crippen LogP contribution is 2.22. The Hall–Kier alpha value is -1.70. The fraction of sp³-hybridized carbons (Fsp3) is 0.381. The molecule has 0 radical (unpaired) electrons. The molecule has 150 valence electrons. The van der Waals surface area contributed by atoms with Gasteiger partial charge < -0.3 is 5.32 Å². The van der Waals surface area contributed by atoms with E-state index in [1.165, 1.54) is 0 Å². The summed E-state index contributed by atoms with van der Waals surface area (Å²) in [4.78, 5) is 12.6. The molecule has 1 N–H and O–H groups in total. The largest absolute Gasteiger partial charge is 0.326 e. The van der Waals surface area contributed by atoms with Crippen molar-refractivity contribution in [3.8, 4) is 0 Å². The molecule has 0 unspecified atom stereocenters. The first kappa shape index (κ1) is 21.0. The van der Waals surface area contributed by atoms with Crippen molar-refractivity contribution in [3.63, 3.8) is 0 Å². The zero-order valence-electron chi connectivity index (χ0n) is 15.9. The molecule has 0 bridgehead atoms. The highest BCUT2D eigenvalue weighted by atomic mass is 79.9. The van der Waals surface area contributed by atoms with E-state index in [4.69, 9.17) is 0 Å². The van der Waals surface area contributed by atoms with E-state index in [0.717, 1.165) is 40.5 Å². The van der Waals surface area contributed by atoms with Gasteiger partial charge in [-0.3, -0.25) is 4.79 Å². The second-order valence-corrected chi connectivity index (χ2v) is 9.97. The maximum absolute atomic E-state index is 12.7. The summed E-state index contributed by atoms with van der Waals surface area (Å²) in [7, 11) is -3.41. The number of rotatable bonds is 6. The number of carbonyl (C=O) groups excluding carboxylic acids is 1. The summed E-state index contributed by atoms with van der Waals surface area (Å²) in [6.45, 7) is 3.14. The maximum Gasteiger partial charge on any atom is 0.243 e. The fourth-order valence-electron chi connectivity index (χ4n) is 3.32. The summed E-state index contributed by atoms with van der Waals surface area (Å²) in [6, 6.07) is 12.6. The summed E-state index contributed by atoms with van der Waals surface area (Å²) in [5, 5.41) is 2.92. The molecule has 1 fully saturated rings. The number of benzene rings is 2. The van der Waals surface area contributed by atoms with Crippen LogP contribution in [-0.4, -0.2) is 31.7 Å². The van der Waals surface area contributed by atoms with Crippen LogP contribution < -0.4 is 5.32 Å². The van der Waals surface area contributed by atoms with Crippen molar-refractivity contribution >= 4 is 37.5 Å². The Balaban J connectivity index is 1.57. The van der Waals surface area contributed by atoms with E-state index in [0.29, 0.717) is 30.8 Å². The number of piperidine rings is 1. The Bertz CT molecular complexity index is 937. The van der Waals surface area contributed by atoms with Crippen molar-refractivity contribution in [2.24, 2.45) is 0 Å². The van der Waals surface area contributed by atoms with Gasteiger partial charge in [-0.1, -0.05) is 34.5 Å². The zero-order chi connectivity index (χ0) is 20.1. The topological polar surface area (TPSA) is 66.5 Å². The van der Waals surface area contributed by atoms with E-state index in [2.05, 4.69) is 21.2 Å². The molecule has 0 aliphatic carbocycles. The lowest BCUT2D eigenvalue weighted by Gasteiger charge is -2.25. The quantitative estimate of drug-likeness (QED) is 0.683. The summed E-state index contributed by atoms with van der Waals surface area (Å²) < 4.78 is 27.9. The van der Waals surface area contributed by atoms with E-state index in [1.54, 1.807) is 28.6 Å². The van der Waals surface area contributed by atoms with Crippen LogP contribution in [0.1, 0.15) is 36.8 Å². The minimum atomic E-state index is -3.41. The van der Waals surface area contributed by atoms with Crippen molar-refractivity contribution < 1.29 is 13.2 Å². The Morgan fingerprint density at radius 2 is 1.75 bits per heavy atom. The monoisotopic (exact) mass is 464 g/mol. The molecule has 1 heterocycles. The number of halogens is 1. The lowest BCUT2D eigenvalue weighted by Crippen LogP contribution is -2.35. The van der Waals surface area contributed by atoms with Crippen molar-refractivity contribution in [2.75, 3.05) is 18.4 Å². The number of amides is 1. The molecule has 0 saturated carbocycles. The van der Waals surface area contributed by atoms with Crippen molar-refractivity contribution in [3.05, 3.63) is 58.1 Å². The van der Waals surface area contributed by atoms with Crippen LogP contribution in [0.15, 0.2) is 51.8 Å². The van der Waals surface area contributed by atoms with Gasteiger partial charge in [-0.15, -0.1) is 0 Å². The van der Waals surface area contributed by atoms with Crippen LogP contribution in [0.2, 0.25) is 0 Å². The molecule has 5 nitrogen and oxygen atoms in total. The summed E-state index contributed by atoms with van der Waals surface area (Å²) in [6.07, 6.45) is 3.83. The SMILES string of the molecule is Cc1cc(Br)ccc1NC(=O)CCc1ccc(S(=O)(=O)N2CCCCC2)cc1. The van der Waals surface area contributed by atoms with Crippen LogP contribution in [0.3, 0.4) is 0 Å². The first-order valence-electron chi connectivity index (χ1n) is 9.51. The summed E-state index contributed by atoms with van der Waals surface area (Å²) in [5.74, 6) is -0.0598. The Kier molecular flexibility index (Phi) is 6.91. The minimum absolute atomic E-state index is 0.0598. The van der Waals surface area contributed by atoms with Gasteiger partial charge in [0.2, 0.25) is 15.9 Å². The molecule has 1 aliphatic heterocycles. The van der Waals surface area contributed by atoms with Gasteiger partial charge in [0.05, 0.1) is 4.90 Å². The van der Waals surface area contributed by atoms with Crippen LogP contribution in [-0.2, 0) is 21.2 Å². The molecule has 0 atom stereocenters. The van der Waals surface area contributed by atoms with Crippen LogP contribution >= 0.6 is 15.9 Å². The number of anilines is 1. The fourth-order valence-corrected chi connectivity index (χ4v) is 5.31. The van der Waals surface area contributed by atoms with Gasteiger partial charge in [-0.05, 0) is 67.6 Å². The second kappa shape index (κ2) is 9.20. The van der Waals surface area contributed by atoms with Crippen LogP contribution in [0, 0.1) is 6.92 Å². The maximum atomic E-state index is 12.7. The van der Waals surface area contributed by atoms with Gasteiger partial charge in [0.25, 0.3) is 0 Å². The van der Waals surface area contributed by atoms with Gasteiger partial charge in [-0.2, -0.15) is 4.31 Å². The number of aryl methyl sites for hydroxylation is 2. The molecule has 0 spiro atoms. The van der Waals surface area contributed by atoms with Crippen molar-refractivity contribution in [2.45, 2.75) is 43.9 Å². The molecule has 28 heavy (non-hydrogen) atoms. The third kappa shape index (κ3) is 5.21. The molecular formula is C21H25BrN2O3S. The number of sulfonamides is 1. The van der Waals surface area contributed by atoms with Crippen molar-refractivity contribution in [1.29, 1.82) is 0 Å². The standard InChI is InChI=1S/C21H25BrN2O3S/c1-16-15-18(22)8-11-20(16)23-21(25)12-7-17-5-9-19(10-6-17)28(26,27)24-13-3-2-4-14-24/h5-6,8-11,15H,2-4,7,12-14H2,1H3,(H,23,25). The van der Waals surface area contributed by atoms with Crippen LogP contribution in [0.5, 0.6) is 0 Å². The van der Waals surface area contributed by atoms with Gasteiger partial charge >= 0.3 is 0 Å². The highest BCUT2D eigenvalue weighted by Gasteiger charge is 2.25. The van der Waals surface area contributed by atoms with E-state index in [9.17, 15) is 13.2 Å². The third-order valence-electron chi connectivity index (χ3n) is 4.98. The van der Waals surface area contributed by atoms with E-state index < -0.39 is 10.0 Å². The molecule has 0 aromatic heterocycles. The average molecular weight is 465 g/mol. The van der Waals surface area contributed by atoms with Crippen LogP contribution in [0.4, 0.5) is 5.69 Å². The second-order valence-electron chi connectivity index (χ2n) is 7.12. The summed E-state index contributed by atoms with van der Waals surface area (Å²) >= 11 is 3.41. The Labute approximate surface area is 175 Å². The molecule has 1 amide bonds. The lowest BCUT2D eigenvalue weighted by molar-refractivity contribution is -0.116. The zero-order valence-corrected chi connectivity index (χ0v) is 18.4. The van der Waals surface area contributed by atoms with Gasteiger partial charge in [0.15, 0.2) is 0 Å². The first-order chi connectivity index (χ1) is 13.4. The molecule has 2 aromatic rings. The first-order valence-corrected chi connectivity index (χ1v) is 11.7. The van der Waals surface area contributed by atoms with Crippen LogP contribution in [0.25, 0.3) is 0 Å². The third-order valence-corrected chi connectivity index (χ3v) is 7.39. The van der Waals surface area contributed by atoms with Gasteiger partial charge in [0, 0.05) is 29.7 Å². The Morgan fingerprint density at radius 1 is 1.07 bits per heavy atom. The average Bonchev–Trinajstić information content (AvgIpc) is 2.69. The Morgan fingerprint density at radius 3 is 2.39 bits per heavy atom. The van der Waals surface area contributed by atoms with E-state index in [1.807, 2.05) is 25.1 Å². The molecular weight excluding hydrogens is 440 g/mol. The smallest absolute Gasteiger partial charge is 0.243 e. The van der Waals surface area contributed by atoms with E-state index in [-0.39, 0.29) is 5.91 Å². The van der Waals surface area contributed by atoms with E-state index >= 15 is 0 Å². The molecule has 3 rings (SSSR count). The normalized spacial score (nSPS) is 15.4. The van der Waals surface area contributed by atoms with Gasteiger partial charge in [0.1, 0.15) is 0 Å². The number of nitrogens with zero attached hydrogens (tertiary/aromatic N) is 1. The number of hydrogen-bond acceptors (Lipinski definition) is 3. The molecule has 7 heteroatoms. The molecule has 1 saturated heterocycles. The van der Waals surface area contributed by atoms with Crippen molar-refractivity contribution in [1.82, 2.24) is 4.31 Å². The minimum Gasteiger partial charge on any atom is -0.326 e. The predicted octanol–water partition coefficient (Wildman–Crippen LogP) is 4.50. The molecule has 1 aliphatic rings. The lowest BCUT2D eigenvalue weighted by atomic mass is 10.1. The van der Waals surface area contributed by atoms with Gasteiger partial charge in [-0.25, -0.2) is 8.42 Å². The highest BCUT2D eigenvalue weighted by molar-refractivity contribution is 9.10. The molecule has 2 aromatic carbocycles. The number of hydrogen-bond donors (Lipinski definition) is 1. The number of carbonyl (C=O) groups is 1. The predicted molar refractivity (Wildman–Crippen MR) is 115 cm³/mol. The summed E-state index contributed by atoms with van der Waals surface area (Å²) in [5.41, 5.74) is 2.74.